The summed E-state index contributed by atoms with van der Waals surface area (Å²) in [6.07, 6.45) is -4.65. The summed E-state index contributed by atoms with van der Waals surface area (Å²) in [5.74, 6) is 0.392. The van der Waals surface area contributed by atoms with Gasteiger partial charge in [0, 0.05) is 12.6 Å². The first kappa shape index (κ1) is 22.1. The van der Waals surface area contributed by atoms with Crippen LogP contribution >= 0.6 is 0 Å². The number of aryl methyl sites for hydroxylation is 2. The summed E-state index contributed by atoms with van der Waals surface area (Å²) >= 11 is 0. The second-order valence-corrected chi connectivity index (χ2v) is 6.73. The molecule has 11 heteroatoms. The molecule has 0 saturated heterocycles. The minimum atomic E-state index is -4.65. The molecule has 0 aliphatic carbocycles. The molecular formula is C20H20F3N5O3. The van der Waals surface area contributed by atoms with Crippen molar-refractivity contribution in [1.82, 2.24) is 19.8 Å². The van der Waals surface area contributed by atoms with Gasteiger partial charge in [-0.2, -0.15) is 22.5 Å². The Hall–Kier alpha value is -3.63. The largest absolute Gasteiger partial charge is 0.489 e. The highest BCUT2D eigenvalue weighted by Crippen LogP contribution is 2.35. The molecule has 31 heavy (non-hydrogen) atoms. The Kier molecular flexibility index (Phi) is 6.14. The van der Waals surface area contributed by atoms with Gasteiger partial charge < -0.3 is 9.57 Å². The Bertz CT molecular complexity index is 1180. The van der Waals surface area contributed by atoms with Gasteiger partial charge in [-0.15, -0.1) is 0 Å². The fourth-order valence-electron chi connectivity index (χ4n) is 3.03. The second kappa shape index (κ2) is 8.62. The zero-order valence-electron chi connectivity index (χ0n) is 17.3. The fraction of sp³-hybridized carbons (Fsp3) is 0.300. The van der Waals surface area contributed by atoms with Crippen LogP contribution in [0, 0.1) is 6.92 Å². The lowest BCUT2D eigenvalue weighted by Crippen LogP contribution is -2.24. The average Bonchev–Trinajstić information content (AvgIpc) is 3.04. The molecule has 0 unspecified atom stereocenters. The molecule has 0 atom stereocenters. The van der Waals surface area contributed by atoms with Gasteiger partial charge in [0.15, 0.2) is 0 Å². The number of rotatable bonds is 6. The van der Waals surface area contributed by atoms with Gasteiger partial charge in [-0.25, -0.2) is 4.79 Å². The van der Waals surface area contributed by atoms with Crippen LogP contribution in [-0.4, -0.2) is 32.6 Å². The molecule has 3 aromatic rings. The molecule has 1 aromatic heterocycles. The van der Waals surface area contributed by atoms with Crippen molar-refractivity contribution < 1.29 is 22.7 Å². The molecule has 0 amide bonds. The molecule has 0 aliphatic heterocycles. The van der Waals surface area contributed by atoms with Crippen molar-refractivity contribution in [2.75, 3.05) is 7.11 Å². The summed E-state index contributed by atoms with van der Waals surface area (Å²) < 4.78 is 48.4. The van der Waals surface area contributed by atoms with Crippen LogP contribution in [0.5, 0.6) is 5.75 Å². The maximum atomic E-state index is 13.7. The van der Waals surface area contributed by atoms with Gasteiger partial charge in [-0.1, -0.05) is 11.2 Å². The molecule has 8 nitrogen and oxygen atoms in total. The van der Waals surface area contributed by atoms with E-state index in [-0.39, 0.29) is 11.3 Å². The van der Waals surface area contributed by atoms with E-state index in [1.807, 2.05) is 0 Å². The van der Waals surface area contributed by atoms with E-state index in [0.29, 0.717) is 17.0 Å². The van der Waals surface area contributed by atoms with E-state index in [1.165, 1.54) is 26.3 Å². The van der Waals surface area contributed by atoms with E-state index in [9.17, 15) is 18.0 Å². The Morgan fingerprint density at radius 1 is 1.19 bits per heavy atom. The summed E-state index contributed by atoms with van der Waals surface area (Å²) in [6.45, 7) is 3.10. The van der Waals surface area contributed by atoms with E-state index in [2.05, 4.69) is 15.6 Å². The van der Waals surface area contributed by atoms with Gasteiger partial charge in [0.2, 0.25) is 0 Å². The summed E-state index contributed by atoms with van der Waals surface area (Å²) in [5, 5.41) is 11.1. The molecule has 1 heterocycles. The lowest BCUT2D eigenvalue weighted by Gasteiger charge is -2.17. The number of alkyl halides is 3. The molecule has 0 N–H and O–H groups in total. The van der Waals surface area contributed by atoms with Gasteiger partial charge in [0.05, 0.1) is 17.0 Å². The van der Waals surface area contributed by atoms with Crippen LogP contribution in [0.4, 0.5) is 13.2 Å². The third-order valence-electron chi connectivity index (χ3n) is 4.60. The third-order valence-corrected chi connectivity index (χ3v) is 4.60. The van der Waals surface area contributed by atoms with E-state index >= 15 is 0 Å². The quantitative estimate of drug-likeness (QED) is 0.439. The number of oxime groups is 1. The number of hydrogen-bond acceptors (Lipinski definition) is 6. The molecular weight excluding hydrogens is 415 g/mol. The van der Waals surface area contributed by atoms with Crippen LogP contribution in [0.2, 0.25) is 0 Å². The lowest BCUT2D eigenvalue weighted by atomic mass is 10.0. The maximum Gasteiger partial charge on any atom is 0.416 e. The highest BCUT2D eigenvalue weighted by molar-refractivity contribution is 5.98. The number of benzene rings is 2. The van der Waals surface area contributed by atoms with Gasteiger partial charge in [-0.3, -0.25) is 0 Å². The van der Waals surface area contributed by atoms with Crippen LogP contribution in [0.15, 0.2) is 46.3 Å². The summed E-state index contributed by atoms with van der Waals surface area (Å²) in [6, 6.07) is 8.67. The number of ether oxygens (including phenoxy) is 1. The monoisotopic (exact) mass is 435 g/mol. The SMILES string of the molecule is CO/N=C(/C)c1ccc(OCc2c(-n3nnn(C)c3=O)cccc2C(F)(F)F)c(C)c1. The first-order valence-electron chi connectivity index (χ1n) is 9.13. The third kappa shape index (κ3) is 4.60. The summed E-state index contributed by atoms with van der Waals surface area (Å²) in [5.41, 5.74) is 0.265. The van der Waals surface area contributed by atoms with E-state index in [1.54, 1.807) is 32.0 Å². The van der Waals surface area contributed by atoms with Crippen LogP contribution in [0.25, 0.3) is 5.69 Å². The lowest BCUT2D eigenvalue weighted by molar-refractivity contribution is -0.138. The standard InChI is InChI=1S/C20H20F3N5O3/c1-12-10-14(13(2)24-30-4)8-9-18(12)31-11-15-16(20(21,22)23)6-5-7-17(15)28-19(29)27(3)25-26-28/h5-10H,11H2,1-4H3/b24-13-. The molecule has 0 bridgehead atoms. The number of nitrogens with zero attached hydrogens (tertiary/aromatic N) is 5. The Morgan fingerprint density at radius 3 is 2.52 bits per heavy atom. The van der Waals surface area contributed by atoms with E-state index in [4.69, 9.17) is 9.57 Å². The Balaban J connectivity index is 2.00. The minimum Gasteiger partial charge on any atom is -0.489 e. The first-order valence-corrected chi connectivity index (χ1v) is 9.13. The van der Waals surface area contributed by atoms with Crippen LogP contribution in [0.3, 0.4) is 0 Å². The van der Waals surface area contributed by atoms with Gasteiger partial charge >= 0.3 is 11.9 Å². The van der Waals surface area contributed by atoms with Crippen molar-refractivity contribution >= 4 is 5.71 Å². The molecule has 0 spiro atoms. The van der Waals surface area contributed by atoms with Crippen molar-refractivity contribution in [3.05, 3.63) is 69.1 Å². The average molecular weight is 435 g/mol. The molecule has 0 saturated carbocycles. The molecule has 0 fully saturated rings. The Labute approximate surface area is 175 Å². The van der Waals surface area contributed by atoms with Crippen molar-refractivity contribution in [3.8, 4) is 11.4 Å². The van der Waals surface area contributed by atoms with E-state index < -0.39 is 24.0 Å². The zero-order valence-corrected chi connectivity index (χ0v) is 17.3. The van der Waals surface area contributed by atoms with Crippen molar-refractivity contribution in [1.29, 1.82) is 0 Å². The maximum absolute atomic E-state index is 13.7. The van der Waals surface area contributed by atoms with Crippen molar-refractivity contribution in [3.63, 3.8) is 0 Å². The Morgan fingerprint density at radius 2 is 1.94 bits per heavy atom. The van der Waals surface area contributed by atoms with E-state index in [0.717, 1.165) is 21.0 Å². The topological polar surface area (TPSA) is 83.5 Å². The summed E-state index contributed by atoms with van der Waals surface area (Å²) in [4.78, 5) is 17.0. The van der Waals surface area contributed by atoms with Crippen LogP contribution in [-0.2, 0) is 24.7 Å². The predicted octanol–water partition coefficient (Wildman–Crippen LogP) is 3.24. The smallest absolute Gasteiger partial charge is 0.416 e. The van der Waals surface area contributed by atoms with Gasteiger partial charge in [0.1, 0.15) is 19.5 Å². The molecule has 2 aromatic carbocycles. The normalized spacial score (nSPS) is 12.2. The molecule has 3 rings (SSSR count). The molecule has 164 valence electrons. The minimum absolute atomic E-state index is 0.0507. The van der Waals surface area contributed by atoms with Crippen molar-refractivity contribution in [2.24, 2.45) is 12.2 Å². The highest BCUT2D eigenvalue weighted by Gasteiger charge is 2.35. The highest BCUT2D eigenvalue weighted by atomic mass is 19.4. The fourth-order valence-corrected chi connectivity index (χ4v) is 3.03. The number of aromatic nitrogens is 4. The first-order chi connectivity index (χ1) is 14.6. The summed E-state index contributed by atoms with van der Waals surface area (Å²) in [7, 11) is 2.79. The van der Waals surface area contributed by atoms with Crippen molar-refractivity contribution in [2.45, 2.75) is 26.6 Å². The zero-order chi connectivity index (χ0) is 22.8. The van der Waals surface area contributed by atoms with Gasteiger partial charge in [0.25, 0.3) is 0 Å². The van der Waals surface area contributed by atoms with Gasteiger partial charge in [-0.05, 0) is 65.7 Å². The predicted molar refractivity (Wildman–Crippen MR) is 106 cm³/mol. The molecule has 0 radical (unpaired) electrons. The number of halogens is 3. The molecule has 0 aliphatic rings. The second-order valence-electron chi connectivity index (χ2n) is 6.73. The number of tetrazole rings is 1. The van der Waals surface area contributed by atoms with Crippen LogP contribution in [0.1, 0.15) is 29.2 Å². The number of hydrogen-bond donors (Lipinski definition) is 0. The van der Waals surface area contributed by atoms with Crippen LogP contribution < -0.4 is 10.4 Å².